The number of nitrogens with zero attached hydrogens (tertiary/aromatic N) is 1. The molecule has 0 fully saturated rings. The van der Waals surface area contributed by atoms with Crippen molar-refractivity contribution in [2.45, 2.75) is 12.7 Å². The molecule has 7 heteroatoms. The fourth-order valence-electron chi connectivity index (χ4n) is 1.52. The third-order valence-corrected chi connectivity index (χ3v) is 2.39. The van der Waals surface area contributed by atoms with Crippen LogP contribution in [0.4, 0.5) is 24.5 Å². The summed E-state index contributed by atoms with van der Waals surface area (Å²) in [7, 11) is 0. The second-order valence-electron chi connectivity index (χ2n) is 3.76. The summed E-state index contributed by atoms with van der Waals surface area (Å²) in [6, 6.07) is 3.66. The van der Waals surface area contributed by atoms with Gasteiger partial charge in [0.05, 0.1) is 11.8 Å². The molecule has 0 radical (unpaired) electrons. The number of aromatic nitrogens is 2. The lowest BCUT2D eigenvalue weighted by Crippen LogP contribution is -2.11. The zero-order chi connectivity index (χ0) is 13.2. The van der Waals surface area contributed by atoms with Gasteiger partial charge in [-0.1, -0.05) is 0 Å². The zero-order valence-corrected chi connectivity index (χ0v) is 9.25. The third-order valence-electron chi connectivity index (χ3n) is 2.39. The highest BCUT2D eigenvalue weighted by atomic mass is 19.4. The van der Waals surface area contributed by atoms with Crippen LogP contribution in [0.15, 0.2) is 30.6 Å². The summed E-state index contributed by atoms with van der Waals surface area (Å²) in [6.45, 7) is 0.253. The van der Waals surface area contributed by atoms with E-state index >= 15 is 0 Å². The van der Waals surface area contributed by atoms with Gasteiger partial charge in [0.2, 0.25) is 0 Å². The summed E-state index contributed by atoms with van der Waals surface area (Å²) in [5, 5.41) is 9.01. The van der Waals surface area contributed by atoms with Crippen LogP contribution in [0.5, 0.6) is 0 Å². The van der Waals surface area contributed by atoms with Crippen molar-refractivity contribution in [1.82, 2.24) is 10.2 Å². The average molecular weight is 256 g/mol. The van der Waals surface area contributed by atoms with Crippen LogP contribution in [0, 0.1) is 0 Å². The van der Waals surface area contributed by atoms with E-state index in [1.165, 1.54) is 18.3 Å². The Bertz CT molecular complexity index is 520. The van der Waals surface area contributed by atoms with Gasteiger partial charge in [0.1, 0.15) is 0 Å². The Morgan fingerprint density at radius 3 is 2.72 bits per heavy atom. The van der Waals surface area contributed by atoms with Gasteiger partial charge in [0.25, 0.3) is 0 Å². The monoisotopic (exact) mass is 256 g/mol. The van der Waals surface area contributed by atoms with Crippen LogP contribution >= 0.6 is 0 Å². The van der Waals surface area contributed by atoms with E-state index < -0.39 is 11.7 Å². The minimum absolute atomic E-state index is 0.00194. The molecule has 0 spiro atoms. The lowest BCUT2D eigenvalue weighted by atomic mass is 10.1. The Kier molecular flexibility index (Phi) is 3.14. The van der Waals surface area contributed by atoms with Crippen molar-refractivity contribution in [3.63, 3.8) is 0 Å². The van der Waals surface area contributed by atoms with Gasteiger partial charge in [-0.25, -0.2) is 0 Å². The number of halogens is 3. The molecule has 0 unspecified atom stereocenters. The number of anilines is 2. The predicted octanol–water partition coefficient (Wildman–Crippen LogP) is 2.62. The molecule has 2 rings (SSSR count). The van der Waals surface area contributed by atoms with E-state index in [1.807, 2.05) is 0 Å². The van der Waals surface area contributed by atoms with Gasteiger partial charge in [-0.15, -0.1) is 0 Å². The van der Waals surface area contributed by atoms with Gasteiger partial charge in [-0.2, -0.15) is 18.3 Å². The molecule has 96 valence electrons. The molecule has 4 nitrogen and oxygen atoms in total. The molecule has 0 atom stereocenters. The van der Waals surface area contributed by atoms with Gasteiger partial charge in [0, 0.05) is 29.7 Å². The van der Waals surface area contributed by atoms with Crippen molar-refractivity contribution in [3.8, 4) is 0 Å². The first-order valence-corrected chi connectivity index (χ1v) is 5.15. The maximum absolute atomic E-state index is 12.8. The molecule has 18 heavy (non-hydrogen) atoms. The summed E-state index contributed by atoms with van der Waals surface area (Å²) >= 11 is 0. The van der Waals surface area contributed by atoms with Gasteiger partial charge in [0.15, 0.2) is 0 Å². The Morgan fingerprint density at radius 2 is 2.11 bits per heavy atom. The number of hydrogen-bond donors (Lipinski definition) is 3. The van der Waals surface area contributed by atoms with E-state index in [1.54, 1.807) is 6.20 Å². The molecule has 0 aliphatic carbocycles. The molecule has 1 aromatic heterocycles. The fraction of sp³-hybridized carbons (Fsp3) is 0.182. The van der Waals surface area contributed by atoms with Crippen LogP contribution in [-0.4, -0.2) is 10.2 Å². The maximum Gasteiger partial charge on any atom is 0.418 e. The summed E-state index contributed by atoms with van der Waals surface area (Å²) in [6.07, 6.45) is -1.29. The number of aromatic amines is 1. The minimum atomic E-state index is -4.44. The van der Waals surface area contributed by atoms with Crippen LogP contribution < -0.4 is 11.1 Å². The van der Waals surface area contributed by atoms with Crippen LogP contribution in [0.3, 0.4) is 0 Å². The zero-order valence-electron chi connectivity index (χ0n) is 9.25. The minimum Gasteiger partial charge on any atom is -0.399 e. The van der Waals surface area contributed by atoms with Crippen molar-refractivity contribution in [2.75, 3.05) is 11.1 Å². The Morgan fingerprint density at radius 1 is 1.33 bits per heavy atom. The molecule has 1 heterocycles. The molecule has 0 amide bonds. The van der Waals surface area contributed by atoms with E-state index in [0.29, 0.717) is 0 Å². The quantitative estimate of drug-likeness (QED) is 0.739. The summed E-state index contributed by atoms with van der Waals surface area (Å²) in [4.78, 5) is 0. The first-order chi connectivity index (χ1) is 8.47. The van der Waals surface area contributed by atoms with Crippen LogP contribution in [0.1, 0.15) is 11.1 Å². The van der Waals surface area contributed by atoms with Crippen molar-refractivity contribution < 1.29 is 13.2 Å². The highest BCUT2D eigenvalue weighted by molar-refractivity contribution is 5.59. The summed E-state index contributed by atoms with van der Waals surface area (Å²) < 4.78 is 38.3. The Balaban J connectivity index is 2.22. The number of alkyl halides is 3. The molecule has 2 aromatic rings. The molecule has 0 saturated heterocycles. The Hall–Kier alpha value is -2.18. The molecule has 0 saturated carbocycles. The normalized spacial score (nSPS) is 11.5. The third kappa shape index (κ3) is 2.73. The highest BCUT2D eigenvalue weighted by Gasteiger charge is 2.33. The van der Waals surface area contributed by atoms with Crippen molar-refractivity contribution in [2.24, 2.45) is 0 Å². The van der Waals surface area contributed by atoms with Crippen molar-refractivity contribution in [1.29, 1.82) is 0 Å². The predicted molar refractivity (Wildman–Crippen MR) is 61.8 cm³/mol. The average Bonchev–Trinajstić information content (AvgIpc) is 2.79. The first kappa shape index (κ1) is 12.3. The van der Waals surface area contributed by atoms with Crippen LogP contribution in [-0.2, 0) is 12.7 Å². The number of nitrogens with two attached hydrogens (primary N) is 1. The van der Waals surface area contributed by atoms with E-state index in [2.05, 4.69) is 15.5 Å². The lowest BCUT2D eigenvalue weighted by Gasteiger charge is -2.14. The second-order valence-corrected chi connectivity index (χ2v) is 3.76. The van der Waals surface area contributed by atoms with Gasteiger partial charge < -0.3 is 11.1 Å². The van der Waals surface area contributed by atoms with Crippen molar-refractivity contribution >= 4 is 11.4 Å². The molecule has 0 aliphatic heterocycles. The highest BCUT2D eigenvalue weighted by Crippen LogP contribution is 2.36. The first-order valence-electron chi connectivity index (χ1n) is 5.15. The number of rotatable bonds is 3. The largest absolute Gasteiger partial charge is 0.418 e. The fourth-order valence-corrected chi connectivity index (χ4v) is 1.52. The van der Waals surface area contributed by atoms with E-state index in [4.69, 9.17) is 5.73 Å². The molecule has 4 N–H and O–H groups in total. The lowest BCUT2D eigenvalue weighted by molar-refractivity contribution is -0.136. The Labute approximate surface area is 101 Å². The maximum atomic E-state index is 12.8. The molecular weight excluding hydrogens is 245 g/mol. The SMILES string of the molecule is Nc1ccc(NCc2cn[nH]c2)c(C(F)(F)F)c1. The number of H-pyrrole nitrogens is 1. The summed E-state index contributed by atoms with van der Waals surface area (Å²) in [5.74, 6) is 0. The standard InChI is InChI=1S/C11H11F3N4/c12-11(13,14)9-3-8(15)1-2-10(9)16-4-7-5-17-18-6-7/h1-3,5-6,16H,4,15H2,(H,17,18). The summed E-state index contributed by atoms with van der Waals surface area (Å²) in [5.41, 5.74) is 5.44. The van der Waals surface area contributed by atoms with E-state index in [0.717, 1.165) is 11.6 Å². The molecular formula is C11H11F3N4. The topological polar surface area (TPSA) is 66.7 Å². The molecule has 1 aromatic carbocycles. The molecule has 0 aliphatic rings. The van der Waals surface area contributed by atoms with E-state index in [9.17, 15) is 13.2 Å². The van der Waals surface area contributed by atoms with E-state index in [-0.39, 0.29) is 17.9 Å². The number of hydrogen-bond acceptors (Lipinski definition) is 3. The number of nitrogen functional groups attached to an aromatic ring is 1. The van der Waals surface area contributed by atoms with Crippen LogP contribution in [0.2, 0.25) is 0 Å². The van der Waals surface area contributed by atoms with Gasteiger partial charge in [-0.05, 0) is 18.2 Å². The van der Waals surface area contributed by atoms with Gasteiger partial charge >= 0.3 is 6.18 Å². The smallest absolute Gasteiger partial charge is 0.399 e. The second kappa shape index (κ2) is 4.59. The number of nitrogens with one attached hydrogen (secondary N) is 2. The number of benzene rings is 1. The van der Waals surface area contributed by atoms with Gasteiger partial charge in [-0.3, -0.25) is 5.10 Å². The van der Waals surface area contributed by atoms with Crippen LogP contribution in [0.25, 0.3) is 0 Å². The van der Waals surface area contributed by atoms with Crippen molar-refractivity contribution in [3.05, 3.63) is 41.7 Å². The molecule has 0 bridgehead atoms.